The number of nitrogens with zero attached hydrogens (tertiary/aromatic N) is 2. The van der Waals surface area contributed by atoms with Crippen molar-refractivity contribution in [2.24, 2.45) is 0 Å². The number of aromatic nitrogens is 1. The van der Waals surface area contributed by atoms with Crippen LogP contribution in [0.1, 0.15) is 12.1 Å². The van der Waals surface area contributed by atoms with Crippen LogP contribution in [-0.4, -0.2) is 50.8 Å². The normalized spacial score (nSPS) is 22.3. The molecule has 2 atom stereocenters. The van der Waals surface area contributed by atoms with Gasteiger partial charge in [-0.3, -0.25) is 4.98 Å². The summed E-state index contributed by atoms with van der Waals surface area (Å²) in [7, 11) is 0. The molecule has 1 aromatic heterocycles. The van der Waals surface area contributed by atoms with Crippen LogP contribution in [0.5, 0.6) is 0 Å². The summed E-state index contributed by atoms with van der Waals surface area (Å²) in [5.74, 6) is -1.12. The zero-order valence-electron chi connectivity index (χ0n) is 10.4. The minimum Gasteiger partial charge on any atom is -0.480 e. The predicted molar refractivity (Wildman–Crippen MR) is 66.7 cm³/mol. The van der Waals surface area contributed by atoms with Gasteiger partial charge in [-0.05, 0) is 19.1 Å². The molecule has 1 saturated heterocycles. The van der Waals surface area contributed by atoms with E-state index in [1.165, 1.54) is 6.20 Å². The molecular weight excluding hydrogens is 250 g/mol. The molecule has 1 aromatic rings. The molecule has 1 aliphatic heterocycles. The monoisotopic (exact) mass is 265 g/mol. The van der Waals surface area contributed by atoms with Gasteiger partial charge in [0.25, 0.3) is 0 Å². The second kappa shape index (κ2) is 5.23. The molecule has 19 heavy (non-hydrogen) atoms. The molecule has 3 N–H and O–H groups in total. The summed E-state index contributed by atoms with van der Waals surface area (Å²) in [4.78, 5) is 28.1. The van der Waals surface area contributed by atoms with Gasteiger partial charge in [-0.25, -0.2) is 9.59 Å². The lowest BCUT2D eigenvalue weighted by atomic mass is 10.2. The lowest BCUT2D eigenvalue weighted by Crippen LogP contribution is -2.43. The lowest BCUT2D eigenvalue weighted by molar-refractivity contribution is -0.141. The highest BCUT2D eigenvalue weighted by molar-refractivity contribution is 5.92. The molecular formula is C12H15N3O4. The van der Waals surface area contributed by atoms with E-state index < -0.39 is 24.1 Å². The fourth-order valence-corrected chi connectivity index (χ4v) is 2.01. The summed E-state index contributed by atoms with van der Waals surface area (Å²) in [6.45, 7) is 1.84. The maximum Gasteiger partial charge on any atom is 0.326 e. The van der Waals surface area contributed by atoms with Crippen molar-refractivity contribution in [3.8, 4) is 0 Å². The first-order valence-corrected chi connectivity index (χ1v) is 5.88. The molecule has 0 radical (unpaired) electrons. The number of aliphatic hydroxyl groups is 1. The number of carbonyl (C=O) groups excluding carboxylic acids is 1. The number of likely N-dealkylation sites (tertiary alicyclic amines) is 1. The highest BCUT2D eigenvalue weighted by atomic mass is 16.4. The Kier molecular flexibility index (Phi) is 3.66. The highest BCUT2D eigenvalue weighted by Gasteiger charge is 2.38. The number of nitrogens with one attached hydrogen (secondary N) is 1. The third-order valence-corrected chi connectivity index (χ3v) is 2.99. The summed E-state index contributed by atoms with van der Waals surface area (Å²) in [6, 6.07) is 1.88. The Balaban J connectivity index is 2.06. The molecule has 0 aliphatic carbocycles. The van der Waals surface area contributed by atoms with Gasteiger partial charge in [0.2, 0.25) is 0 Å². The number of aryl methyl sites for hydroxylation is 1. The largest absolute Gasteiger partial charge is 0.480 e. The number of anilines is 1. The van der Waals surface area contributed by atoms with Crippen molar-refractivity contribution in [3.63, 3.8) is 0 Å². The lowest BCUT2D eigenvalue weighted by Gasteiger charge is -2.21. The molecule has 0 spiro atoms. The van der Waals surface area contributed by atoms with Crippen molar-refractivity contribution in [2.45, 2.75) is 25.5 Å². The van der Waals surface area contributed by atoms with Crippen LogP contribution in [0.3, 0.4) is 0 Å². The van der Waals surface area contributed by atoms with Crippen LogP contribution >= 0.6 is 0 Å². The molecule has 7 nitrogen and oxygen atoms in total. The summed E-state index contributed by atoms with van der Waals surface area (Å²) >= 11 is 0. The number of β-amino-alcohol motifs (C(OH)–C–C–N with tert-alkyl or cyclic N) is 1. The fourth-order valence-electron chi connectivity index (χ4n) is 2.01. The molecule has 2 rings (SSSR count). The number of aliphatic hydroxyl groups excluding tert-OH is 1. The van der Waals surface area contributed by atoms with E-state index in [0.29, 0.717) is 5.69 Å². The fraction of sp³-hybridized carbons (Fsp3) is 0.417. The first-order valence-electron chi connectivity index (χ1n) is 5.88. The predicted octanol–water partition coefficient (Wildman–Crippen LogP) is 0.442. The summed E-state index contributed by atoms with van der Waals surface area (Å²) in [6.07, 6.45) is 0.743. The van der Waals surface area contributed by atoms with Crippen LogP contribution < -0.4 is 5.32 Å². The Bertz CT molecular complexity index is 488. The van der Waals surface area contributed by atoms with Gasteiger partial charge < -0.3 is 20.4 Å². The van der Waals surface area contributed by atoms with E-state index in [2.05, 4.69) is 10.3 Å². The molecule has 0 aromatic carbocycles. The quantitative estimate of drug-likeness (QED) is 0.720. The van der Waals surface area contributed by atoms with E-state index in [1.54, 1.807) is 12.1 Å². The highest BCUT2D eigenvalue weighted by Crippen LogP contribution is 2.19. The van der Waals surface area contributed by atoms with Crippen LogP contribution in [0.2, 0.25) is 0 Å². The number of rotatable bonds is 2. The smallest absolute Gasteiger partial charge is 0.326 e. The first kappa shape index (κ1) is 13.3. The Morgan fingerprint density at radius 3 is 2.79 bits per heavy atom. The van der Waals surface area contributed by atoms with Crippen molar-refractivity contribution < 1.29 is 19.8 Å². The van der Waals surface area contributed by atoms with E-state index in [0.717, 1.165) is 10.6 Å². The summed E-state index contributed by atoms with van der Waals surface area (Å²) in [5.41, 5.74) is 1.30. The Labute approximate surface area is 109 Å². The minimum atomic E-state index is -1.12. The number of hydrogen-bond donors (Lipinski definition) is 3. The maximum atomic E-state index is 12.0. The maximum absolute atomic E-state index is 12.0. The topological polar surface area (TPSA) is 103 Å². The molecule has 102 valence electrons. The Hall–Kier alpha value is -2.15. The number of hydrogen-bond acceptors (Lipinski definition) is 4. The Morgan fingerprint density at radius 1 is 1.47 bits per heavy atom. The number of carboxylic acid groups (broad SMARTS) is 1. The molecule has 1 aliphatic rings. The second-order valence-corrected chi connectivity index (χ2v) is 4.51. The summed E-state index contributed by atoms with van der Waals surface area (Å²) in [5, 5.41) is 21.0. The van der Waals surface area contributed by atoms with E-state index in [9.17, 15) is 14.7 Å². The van der Waals surface area contributed by atoms with Gasteiger partial charge in [0.1, 0.15) is 6.04 Å². The van der Waals surface area contributed by atoms with Gasteiger partial charge >= 0.3 is 12.0 Å². The molecule has 7 heteroatoms. The van der Waals surface area contributed by atoms with Crippen LogP contribution in [0.15, 0.2) is 18.3 Å². The van der Waals surface area contributed by atoms with Gasteiger partial charge in [-0.15, -0.1) is 0 Å². The number of carboxylic acids is 1. The van der Waals surface area contributed by atoms with Crippen LogP contribution in [0, 0.1) is 6.92 Å². The molecule has 0 bridgehead atoms. The van der Waals surface area contributed by atoms with Gasteiger partial charge in [-0.1, -0.05) is 0 Å². The zero-order chi connectivity index (χ0) is 14.0. The first-order chi connectivity index (χ1) is 8.97. The van der Waals surface area contributed by atoms with Gasteiger partial charge in [0, 0.05) is 18.7 Å². The van der Waals surface area contributed by atoms with Crippen LogP contribution in [0.25, 0.3) is 0 Å². The van der Waals surface area contributed by atoms with E-state index in [-0.39, 0.29) is 13.0 Å². The number of pyridine rings is 1. The zero-order valence-corrected chi connectivity index (χ0v) is 10.4. The van der Waals surface area contributed by atoms with Crippen molar-refractivity contribution in [1.82, 2.24) is 9.88 Å². The van der Waals surface area contributed by atoms with Crippen molar-refractivity contribution in [3.05, 3.63) is 24.0 Å². The van der Waals surface area contributed by atoms with Crippen molar-refractivity contribution >= 4 is 17.7 Å². The van der Waals surface area contributed by atoms with Gasteiger partial charge in [0.05, 0.1) is 18.0 Å². The Morgan fingerprint density at radius 2 is 2.21 bits per heavy atom. The second-order valence-electron chi connectivity index (χ2n) is 4.51. The number of amides is 2. The number of aliphatic carboxylic acids is 1. The minimum absolute atomic E-state index is 0.0160. The summed E-state index contributed by atoms with van der Waals surface area (Å²) < 4.78 is 0. The van der Waals surface area contributed by atoms with E-state index >= 15 is 0 Å². The standard InChI is InChI=1S/C12H15N3O4/c1-7-2-3-8(5-13-7)14-12(19)15-6-9(16)4-10(15)11(17)18/h2-3,5,9-10,16H,4,6H2,1H3,(H,14,19)(H,17,18)/t9-,10-/m1/s1. The molecule has 0 saturated carbocycles. The number of carbonyl (C=O) groups is 2. The van der Waals surface area contributed by atoms with Crippen molar-refractivity contribution in [1.29, 1.82) is 0 Å². The average Bonchev–Trinajstić information content (AvgIpc) is 2.74. The number of urea groups is 1. The van der Waals surface area contributed by atoms with Gasteiger partial charge in [0.15, 0.2) is 0 Å². The average molecular weight is 265 g/mol. The molecule has 0 unspecified atom stereocenters. The molecule has 2 heterocycles. The third-order valence-electron chi connectivity index (χ3n) is 2.99. The van der Waals surface area contributed by atoms with E-state index in [4.69, 9.17) is 5.11 Å². The van der Waals surface area contributed by atoms with E-state index in [1.807, 2.05) is 6.92 Å². The van der Waals surface area contributed by atoms with Crippen LogP contribution in [0.4, 0.5) is 10.5 Å². The SMILES string of the molecule is Cc1ccc(NC(=O)N2C[C@H](O)C[C@@H]2C(=O)O)cn1. The van der Waals surface area contributed by atoms with Crippen molar-refractivity contribution in [2.75, 3.05) is 11.9 Å². The molecule has 2 amide bonds. The third kappa shape index (κ3) is 3.00. The van der Waals surface area contributed by atoms with Crippen LogP contribution in [-0.2, 0) is 4.79 Å². The molecule has 1 fully saturated rings. The van der Waals surface area contributed by atoms with Gasteiger partial charge in [-0.2, -0.15) is 0 Å².